The third-order valence-electron chi connectivity index (χ3n) is 2.82. The predicted octanol–water partition coefficient (Wildman–Crippen LogP) is 4.44. The van der Waals surface area contributed by atoms with Gasteiger partial charge in [0.2, 0.25) is 5.89 Å². The standard InChI is InChI=1S/C15H12ClN3O/c1-10-2-4-11(5-3-10)14-18-19-15(20-14)17-13-8-6-12(16)7-9-13/h2-9H,1H3,(H,17,19). The van der Waals surface area contributed by atoms with Crippen molar-refractivity contribution in [2.45, 2.75) is 6.92 Å². The maximum absolute atomic E-state index is 5.83. The number of anilines is 2. The van der Waals surface area contributed by atoms with Gasteiger partial charge in [-0.25, -0.2) is 0 Å². The summed E-state index contributed by atoms with van der Waals surface area (Å²) in [6, 6.07) is 15.5. The average molecular weight is 286 g/mol. The van der Waals surface area contributed by atoms with Crippen LogP contribution in [-0.2, 0) is 0 Å². The molecule has 5 heteroatoms. The van der Waals surface area contributed by atoms with E-state index >= 15 is 0 Å². The first-order chi connectivity index (χ1) is 9.70. The predicted molar refractivity (Wildman–Crippen MR) is 79.2 cm³/mol. The van der Waals surface area contributed by atoms with E-state index in [9.17, 15) is 0 Å². The van der Waals surface area contributed by atoms with Crippen LogP contribution in [0.5, 0.6) is 0 Å². The van der Waals surface area contributed by atoms with E-state index in [0.717, 1.165) is 11.3 Å². The lowest BCUT2D eigenvalue weighted by molar-refractivity contribution is 0.587. The lowest BCUT2D eigenvalue weighted by Crippen LogP contribution is -1.89. The van der Waals surface area contributed by atoms with Gasteiger partial charge in [0.05, 0.1) is 0 Å². The highest BCUT2D eigenvalue weighted by Crippen LogP contribution is 2.23. The van der Waals surface area contributed by atoms with Gasteiger partial charge in [-0.2, -0.15) is 0 Å². The Hall–Kier alpha value is -2.33. The first-order valence-electron chi connectivity index (χ1n) is 6.14. The van der Waals surface area contributed by atoms with Crippen molar-refractivity contribution in [1.82, 2.24) is 10.2 Å². The van der Waals surface area contributed by atoms with Crippen molar-refractivity contribution in [2.24, 2.45) is 0 Å². The van der Waals surface area contributed by atoms with Gasteiger partial charge < -0.3 is 9.73 Å². The number of nitrogens with one attached hydrogen (secondary N) is 1. The van der Waals surface area contributed by atoms with Crippen molar-refractivity contribution in [3.05, 3.63) is 59.1 Å². The number of hydrogen-bond donors (Lipinski definition) is 1. The van der Waals surface area contributed by atoms with Gasteiger partial charge in [0, 0.05) is 16.3 Å². The Morgan fingerprint density at radius 3 is 2.35 bits per heavy atom. The third-order valence-corrected chi connectivity index (χ3v) is 3.07. The molecule has 20 heavy (non-hydrogen) atoms. The first-order valence-corrected chi connectivity index (χ1v) is 6.52. The largest absolute Gasteiger partial charge is 0.403 e. The smallest absolute Gasteiger partial charge is 0.320 e. The first kappa shape index (κ1) is 12.7. The summed E-state index contributed by atoms with van der Waals surface area (Å²) in [5, 5.41) is 11.7. The van der Waals surface area contributed by atoms with E-state index in [1.54, 1.807) is 12.1 Å². The second-order valence-corrected chi connectivity index (χ2v) is 4.85. The van der Waals surface area contributed by atoms with E-state index in [4.69, 9.17) is 16.0 Å². The molecule has 0 aliphatic carbocycles. The molecule has 0 saturated carbocycles. The minimum atomic E-state index is 0.350. The molecule has 0 amide bonds. The number of aryl methyl sites for hydroxylation is 1. The molecular formula is C15H12ClN3O. The van der Waals surface area contributed by atoms with Crippen molar-refractivity contribution in [3.8, 4) is 11.5 Å². The fourth-order valence-electron chi connectivity index (χ4n) is 1.74. The van der Waals surface area contributed by atoms with E-state index in [1.807, 2.05) is 43.3 Å². The summed E-state index contributed by atoms with van der Waals surface area (Å²) in [4.78, 5) is 0. The van der Waals surface area contributed by atoms with Crippen LogP contribution in [0.4, 0.5) is 11.7 Å². The maximum atomic E-state index is 5.83. The molecule has 0 atom stereocenters. The van der Waals surface area contributed by atoms with Crippen LogP contribution >= 0.6 is 11.6 Å². The number of nitrogens with zero attached hydrogens (tertiary/aromatic N) is 2. The molecule has 2 aromatic carbocycles. The summed E-state index contributed by atoms with van der Waals surface area (Å²) >= 11 is 5.83. The number of aromatic nitrogens is 2. The van der Waals surface area contributed by atoms with Crippen LogP contribution in [0.1, 0.15) is 5.56 Å². The molecule has 0 saturated heterocycles. The van der Waals surface area contributed by atoms with E-state index in [-0.39, 0.29) is 0 Å². The number of benzene rings is 2. The molecular weight excluding hydrogens is 274 g/mol. The summed E-state index contributed by atoms with van der Waals surface area (Å²) in [5.41, 5.74) is 2.92. The SMILES string of the molecule is Cc1ccc(-c2nnc(Nc3ccc(Cl)cc3)o2)cc1. The summed E-state index contributed by atoms with van der Waals surface area (Å²) in [7, 11) is 0. The maximum Gasteiger partial charge on any atom is 0.320 e. The molecule has 3 aromatic rings. The normalized spacial score (nSPS) is 10.5. The van der Waals surface area contributed by atoms with Crippen LogP contribution < -0.4 is 5.32 Å². The molecule has 100 valence electrons. The van der Waals surface area contributed by atoms with E-state index in [2.05, 4.69) is 15.5 Å². The average Bonchev–Trinajstić information content (AvgIpc) is 2.91. The van der Waals surface area contributed by atoms with Crippen LogP contribution in [0.15, 0.2) is 52.9 Å². The summed E-state index contributed by atoms with van der Waals surface area (Å²) in [5.74, 6) is 0.487. The molecule has 1 aromatic heterocycles. The Labute approximate surface area is 121 Å². The zero-order chi connectivity index (χ0) is 13.9. The lowest BCUT2D eigenvalue weighted by atomic mass is 10.1. The van der Waals surface area contributed by atoms with Gasteiger partial charge in [-0.15, -0.1) is 5.10 Å². The van der Waals surface area contributed by atoms with Crippen LogP contribution in [0, 0.1) is 6.92 Å². The molecule has 3 rings (SSSR count). The molecule has 0 aliphatic heterocycles. The van der Waals surface area contributed by atoms with Crippen molar-refractivity contribution < 1.29 is 4.42 Å². The highest BCUT2D eigenvalue weighted by molar-refractivity contribution is 6.30. The van der Waals surface area contributed by atoms with Crippen LogP contribution in [0.2, 0.25) is 5.02 Å². The number of rotatable bonds is 3. The monoisotopic (exact) mass is 285 g/mol. The van der Waals surface area contributed by atoms with E-state index in [0.29, 0.717) is 16.9 Å². The second-order valence-electron chi connectivity index (χ2n) is 4.41. The molecule has 0 radical (unpaired) electrons. The van der Waals surface area contributed by atoms with Gasteiger partial charge in [0.25, 0.3) is 0 Å². The molecule has 1 heterocycles. The van der Waals surface area contributed by atoms with Crippen LogP contribution in [0.25, 0.3) is 11.5 Å². The number of hydrogen-bond acceptors (Lipinski definition) is 4. The van der Waals surface area contributed by atoms with E-state index in [1.165, 1.54) is 5.56 Å². The van der Waals surface area contributed by atoms with Crippen LogP contribution in [0.3, 0.4) is 0 Å². The lowest BCUT2D eigenvalue weighted by Gasteiger charge is -2.00. The molecule has 0 bridgehead atoms. The third kappa shape index (κ3) is 2.81. The summed E-state index contributed by atoms with van der Waals surface area (Å²) < 4.78 is 5.58. The Kier molecular flexibility index (Phi) is 3.39. The highest BCUT2D eigenvalue weighted by atomic mass is 35.5. The van der Waals surface area contributed by atoms with Gasteiger partial charge >= 0.3 is 6.01 Å². The van der Waals surface area contributed by atoms with Crippen molar-refractivity contribution in [2.75, 3.05) is 5.32 Å². The van der Waals surface area contributed by atoms with Gasteiger partial charge in [-0.3, -0.25) is 0 Å². The highest BCUT2D eigenvalue weighted by Gasteiger charge is 2.08. The molecule has 0 unspecified atom stereocenters. The summed E-state index contributed by atoms with van der Waals surface area (Å²) in [6.45, 7) is 2.03. The fraction of sp³-hybridized carbons (Fsp3) is 0.0667. The Balaban J connectivity index is 1.80. The molecule has 4 nitrogen and oxygen atoms in total. The zero-order valence-electron chi connectivity index (χ0n) is 10.8. The fourth-order valence-corrected chi connectivity index (χ4v) is 1.87. The van der Waals surface area contributed by atoms with Gasteiger partial charge in [0.15, 0.2) is 0 Å². The number of halogens is 1. The van der Waals surface area contributed by atoms with Gasteiger partial charge in [-0.05, 0) is 43.3 Å². The van der Waals surface area contributed by atoms with Gasteiger partial charge in [0.1, 0.15) is 0 Å². The Morgan fingerprint density at radius 2 is 1.65 bits per heavy atom. The van der Waals surface area contributed by atoms with Crippen molar-refractivity contribution >= 4 is 23.3 Å². The second kappa shape index (κ2) is 5.35. The molecule has 1 N–H and O–H groups in total. The molecule has 0 fully saturated rings. The molecule has 0 spiro atoms. The van der Waals surface area contributed by atoms with Crippen molar-refractivity contribution in [1.29, 1.82) is 0 Å². The quantitative estimate of drug-likeness (QED) is 0.773. The topological polar surface area (TPSA) is 51.0 Å². The molecule has 0 aliphatic rings. The van der Waals surface area contributed by atoms with Crippen LogP contribution in [-0.4, -0.2) is 10.2 Å². The Bertz CT molecular complexity index is 705. The minimum Gasteiger partial charge on any atom is -0.403 e. The minimum absolute atomic E-state index is 0.350. The van der Waals surface area contributed by atoms with E-state index < -0.39 is 0 Å². The van der Waals surface area contributed by atoms with Gasteiger partial charge in [-0.1, -0.05) is 34.4 Å². The Morgan fingerprint density at radius 1 is 0.950 bits per heavy atom. The zero-order valence-corrected chi connectivity index (χ0v) is 11.6. The van der Waals surface area contributed by atoms with Crippen molar-refractivity contribution in [3.63, 3.8) is 0 Å². The summed E-state index contributed by atoms with van der Waals surface area (Å²) in [6.07, 6.45) is 0.